The third-order valence-electron chi connectivity index (χ3n) is 2.00. The predicted molar refractivity (Wildman–Crippen MR) is 64.9 cm³/mol. The lowest BCUT2D eigenvalue weighted by atomic mass is 10.3. The minimum absolute atomic E-state index is 0.0127. The van der Waals surface area contributed by atoms with Gasteiger partial charge in [0, 0.05) is 14.1 Å². The Bertz CT molecular complexity index is 379. The Morgan fingerprint density at radius 3 is 2.56 bits per heavy atom. The molecule has 0 atom stereocenters. The summed E-state index contributed by atoms with van der Waals surface area (Å²) in [5.41, 5.74) is 0. The smallest absolute Gasteiger partial charge is 0.259 e. The van der Waals surface area contributed by atoms with Gasteiger partial charge in [-0.2, -0.15) is 0 Å². The van der Waals surface area contributed by atoms with Crippen LogP contribution in [0.2, 0.25) is 0 Å². The number of ether oxygens (including phenoxy) is 2. The molecule has 0 fully saturated rings. The summed E-state index contributed by atoms with van der Waals surface area (Å²) in [6.07, 6.45) is 0. The molecule has 0 aliphatic heterocycles. The van der Waals surface area contributed by atoms with Gasteiger partial charge in [0.1, 0.15) is 16.0 Å². The molecule has 88 valence electrons. The summed E-state index contributed by atoms with van der Waals surface area (Å²) in [6, 6.07) is 5.39. The number of carbonyl (C=O) groups is 1. The van der Waals surface area contributed by atoms with Gasteiger partial charge in [-0.25, -0.2) is 0 Å². The van der Waals surface area contributed by atoms with Crippen molar-refractivity contribution in [2.45, 2.75) is 0 Å². The van der Waals surface area contributed by atoms with Crippen molar-refractivity contribution in [2.75, 3.05) is 27.8 Å². The van der Waals surface area contributed by atoms with Crippen LogP contribution in [0.4, 0.5) is 0 Å². The van der Waals surface area contributed by atoms with Crippen LogP contribution in [0.1, 0.15) is 0 Å². The van der Waals surface area contributed by atoms with Gasteiger partial charge >= 0.3 is 0 Å². The zero-order chi connectivity index (χ0) is 12.1. The van der Waals surface area contributed by atoms with E-state index in [0.29, 0.717) is 16.0 Å². The number of likely N-dealkylation sites (N-methyl/N-ethyl adjacent to an activating group) is 1. The molecule has 4 nitrogen and oxygen atoms in total. The van der Waals surface area contributed by atoms with Gasteiger partial charge < -0.3 is 14.4 Å². The molecule has 5 heteroatoms. The number of nitrogens with zero attached hydrogens (tertiary/aromatic N) is 1. The summed E-state index contributed by atoms with van der Waals surface area (Å²) in [6.45, 7) is 0.0127. The van der Waals surface area contributed by atoms with E-state index in [1.54, 1.807) is 33.3 Å². The van der Waals surface area contributed by atoms with E-state index in [2.05, 4.69) is 15.9 Å². The number of benzene rings is 1. The van der Waals surface area contributed by atoms with Gasteiger partial charge in [-0.1, -0.05) is 6.07 Å². The second-order valence-corrected chi connectivity index (χ2v) is 4.14. The number of methoxy groups -OCH3 is 1. The Kier molecular flexibility index (Phi) is 4.61. The molecular formula is C11H14BrNO3. The second kappa shape index (κ2) is 5.75. The Labute approximate surface area is 103 Å². The normalized spacial score (nSPS) is 9.75. The Hall–Kier alpha value is -1.23. The zero-order valence-corrected chi connectivity index (χ0v) is 11.1. The Balaban J connectivity index is 2.71. The third-order valence-corrected chi connectivity index (χ3v) is 2.78. The van der Waals surface area contributed by atoms with Gasteiger partial charge in [0.15, 0.2) is 6.61 Å². The summed E-state index contributed by atoms with van der Waals surface area (Å²) in [5, 5.41) is 0. The summed E-state index contributed by atoms with van der Waals surface area (Å²) in [7, 11) is 4.95. The molecule has 0 aliphatic rings. The first-order valence-electron chi connectivity index (χ1n) is 4.71. The Morgan fingerprint density at radius 2 is 2.00 bits per heavy atom. The van der Waals surface area contributed by atoms with Gasteiger partial charge in [-0.05, 0) is 28.1 Å². The molecular weight excluding hydrogens is 274 g/mol. The maximum Gasteiger partial charge on any atom is 0.259 e. The fraction of sp³-hybridized carbons (Fsp3) is 0.364. The highest BCUT2D eigenvalue weighted by Crippen LogP contribution is 2.33. The van der Waals surface area contributed by atoms with Crippen molar-refractivity contribution < 1.29 is 14.3 Å². The lowest BCUT2D eigenvalue weighted by Gasteiger charge is -2.13. The summed E-state index contributed by atoms with van der Waals surface area (Å²) in [4.78, 5) is 12.8. The van der Waals surface area contributed by atoms with E-state index in [4.69, 9.17) is 9.47 Å². The lowest BCUT2D eigenvalue weighted by molar-refractivity contribution is -0.130. The van der Waals surface area contributed by atoms with Gasteiger partial charge in [-0.3, -0.25) is 4.79 Å². The summed E-state index contributed by atoms with van der Waals surface area (Å²) < 4.78 is 11.2. The molecule has 0 heterocycles. The number of hydrogen-bond acceptors (Lipinski definition) is 3. The third kappa shape index (κ3) is 3.13. The largest absolute Gasteiger partial charge is 0.495 e. The first-order chi connectivity index (χ1) is 7.56. The van der Waals surface area contributed by atoms with E-state index >= 15 is 0 Å². The van der Waals surface area contributed by atoms with Crippen LogP contribution < -0.4 is 9.47 Å². The van der Waals surface area contributed by atoms with Gasteiger partial charge in [0.25, 0.3) is 5.91 Å². The number of rotatable bonds is 4. The van der Waals surface area contributed by atoms with Gasteiger partial charge in [0.05, 0.1) is 7.11 Å². The SMILES string of the molecule is COc1cccc(OCC(=O)N(C)C)c1Br. The van der Waals surface area contributed by atoms with E-state index in [-0.39, 0.29) is 12.5 Å². The fourth-order valence-corrected chi connectivity index (χ4v) is 1.57. The quantitative estimate of drug-likeness (QED) is 0.849. The lowest BCUT2D eigenvalue weighted by Crippen LogP contribution is -2.27. The van der Waals surface area contributed by atoms with Crippen LogP contribution in [-0.2, 0) is 4.79 Å². The van der Waals surface area contributed by atoms with Crippen molar-refractivity contribution >= 4 is 21.8 Å². The van der Waals surface area contributed by atoms with Crippen LogP contribution in [0.25, 0.3) is 0 Å². The van der Waals surface area contributed by atoms with Crippen LogP contribution in [0.3, 0.4) is 0 Å². The predicted octanol–water partition coefficient (Wildman–Crippen LogP) is 1.92. The highest BCUT2D eigenvalue weighted by Gasteiger charge is 2.09. The topological polar surface area (TPSA) is 38.8 Å². The zero-order valence-electron chi connectivity index (χ0n) is 9.49. The van der Waals surface area contributed by atoms with Crippen molar-refractivity contribution in [2.24, 2.45) is 0 Å². The van der Waals surface area contributed by atoms with Gasteiger partial charge in [0.2, 0.25) is 0 Å². The molecule has 1 amide bonds. The number of amides is 1. The number of halogens is 1. The van der Waals surface area contributed by atoms with Crippen molar-refractivity contribution in [1.29, 1.82) is 0 Å². The minimum Gasteiger partial charge on any atom is -0.495 e. The molecule has 0 aromatic heterocycles. The van der Waals surface area contributed by atoms with Crippen LogP contribution >= 0.6 is 15.9 Å². The van der Waals surface area contributed by atoms with Crippen molar-refractivity contribution in [3.05, 3.63) is 22.7 Å². The number of carbonyl (C=O) groups excluding carboxylic acids is 1. The highest BCUT2D eigenvalue weighted by molar-refractivity contribution is 9.10. The second-order valence-electron chi connectivity index (χ2n) is 3.35. The average molecular weight is 288 g/mol. The molecule has 1 rings (SSSR count). The fourth-order valence-electron chi connectivity index (χ4n) is 1.03. The highest BCUT2D eigenvalue weighted by atomic mass is 79.9. The molecule has 0 aliphatic carbocycles. The van der Waals surface area contributed by atoms with Gasteiger partial charge in [-0.15, -0.1) is 0 Å². The van der Waals surface area contributed by atoms with Crippen LogP contribution in [0.5, 0.6) is 11.5 Å². The van der Waals surface area contributed by atoms with Crippen molar-refractivity contribution in [3.8, 4) is 11.5 Å². The van der Waals surface area contributed by atoms with Crippen LogP contribution in [0, 0.1) is 0 Å². The monoisotopic (exact) mass is 287 g/mol. The maximum atomic E-state index is 11.3. The number of hydrogen-bond donors (Lipinski definition) is 0. The van der Waals surface area contributed by atoms with Crippen molar-refractivity contribution in [1.82, 2.24) is 4.90 Å². The summed E-state index contributed by atoms with van der Waals surface area (Å²) >= 11 is 3.35. The molecule has 1 aromatic carbocycles. The molecule has 1 aromatic rings. The van der Waals surface area contributed by atoms with E-state index in [0.717, 1.165) is 0 Å². The molecule has 0 N–H and O–H groups in total. The summed E-state index contributed by atoms with van der Waals surface area (Å²) in [5.74, 6) is 1.18. The van der Waals surface area contributed by atoms with E-state index in [9.17, 15) is 4.79 Å². The standard InChI is InChI=1S/C11H14BrNO3/c1-13(2)10(14)7-16-9-6-4-5-8(15-3)11(9)12/h4-6H,7H2,1-3H3. The van der Waals surface area contributed by atoms with E-state index in [1.165, 1.54) is 4.90 Å². The molecule has 0 bridgehead atoms. The van der Waals surface area contributed by atoms with E-state index < -0.39 is 0 Å². The molecule has 0 saturated heterocycles. The first kappa shape index (κ1) is 12.8. The molecule has 0 spiro atoms. The molecule has 0 radical (unpaired) electrons. The average Bonchev–Trinajstić information content (AvgIpc) is 2.27. The van der Waals surface area contributed by atoms with E-state index in [1.807, 2.05) is 6.07 Å². The first-order valence-corrected chi connectivity index (χ1v) is 5.51. The Morgan fingerprint density at radius 1 is 1.38 bits per heavy atom. The van der Waals surface area contributed by atoms with Crippen LogP contribution in [-0.4, -0.2) is 38.6 Å². The molecule has 0 saturated carbocycles. The minimum atomic E-state index is -0.0882. The molecule has 0 unspecified atom stereocenters. The maximum absolute atomic E-state index is 11.3. The molecule has 16 heavy (non-hydrogen) atoms. The van der Waals surface area contributed by atoms with Crippen molar-refractivity contribution in [3.63, 3.8) is 0 Å². The van der Waals surface area contributed by atoms with Crippen LogP contribution in [0.15, 0.2) is 22.7 Å².